The molecular weight excluding hydrogens is 172 g/mol. The molecule has 0 aliphatic carbocycles. The zero-order valence-electron chi connectivity index (χ0n) is 8.69. The van der Waals surface area contributed by atoms with Gasteiger partial charge in [0.1, 0.15) is 6.61 Å². The Morgan fingerprint density at radius 1 is 0.857 bits per heavy atom. The maximum absolute atomic E-state index is 8.35. The van der Waals surface area contributed by atoms with E-state index in [2.05, 4.69) is 42.4 Å². The van der Waals surface area contributed by atoms with Crippen LogP contribution in [0.4, 0.5) is 0 Å². The van der Waals surface area contributed by atoms with Gasteiger partial charge in [0, 0.05) is 6.42 Å². The summed E-state index contributed by atoms with van der Waals surface area (Å²) in [5, 5.41) is 8.35. The summed E-state index contributed by atoms with van der Waals surface area (Å²) in [4.78, 5) is 0. The van der Waals surface area contributed by atoms with Crippen molar-refractivity contribution in [1.82, 2.24) is 0 Å². The molecule has 0 unspecified atom stereocenters. The first kappa shape index (κ1) is 12.6. The first-order valence-electron chi connectivity index (χ1n) is 4.89. The highest BCUT2D eigenvalue weighted by Gasteiger charge is 1.75. The Bertz CT molecular complexity index is 295. The molecule has 0 saturated heterocycles. The smallest absolute Gasteiger partial charge is 0.104 e. The molecule has 0 radical (unpaired) electrons. The van der Waals surface area contributed by atoms with Crippen molar-refractivity contribution in [3.63, 3.8) is 0 Å². The molecule has 0 heterocycles. The van der Waals surface area contributed by atoms with Crippen molar-refractivity contribution in [2.75, 3.05) is 6.61 Å². The summed E-state index contributed by atoms with van der Waals surface area (Å²) >= 11 is 0. The first-order valence-corrected chi connectivity index (χ1v) is 4.89. The Morgan fingerprint density at radius 2 is 1.43 bits per heavy atom. The van der Waals surface area contributed by atoms with E-state index >= 15 is 0 Å². The Hall–Kier alpha value is -1.36. The molecule has 0 aromatic heterocycles. The summed E-state index contributed by atoms with van der Waals surface area (Å²) < 4.78 is 0. The van der Waals surface area contributed by atoms with Gasteiger partial charge in [0.2, 0.25) is 0 Å². The van der Waals surface area contributed by atoms with E-state index in [9.17, 15) is 0 Å². The predicted molar refractivity (Wildman–Crippen MR) is 59.2 cm³/mol. The fourth-order valence-electron chi connectivity index (χ4n) is 0.748. The van der Waals surface area contributed by atoms with E-state index in [1.807, 2.05) is 0 Å². The molecule has 14 heavy (non-hydrogen) atoms. The lowest BCUT2D eigenvalue weighted by Gasteiger charge is -1.82. The maximum atomic E-state index is 8.35. The van der Waals surface area contributed by atoms with E-state index in [0.717, 1.165) is 6.42 Å². The highest BCUT2D eigenvalue weighted by molar-refractivity contribution is 5.16. The van der Waals surface area contributed by atoms with Crippen LogP contribution in [0.3, 0.4) is 0 Å². The Labute approximate surface area is 86.9 Å². The number of hydrogen-bond acceptors (Lipinski definition) is 1. The number of hydrogen-bond donors (Lipinski definition) is 1. The second-order valence-electron chi connectivity index (χ2n) is 2.68. The average molecular weight is 188 g/mol. The molecule has 0 aliphatic rings. The molecule has 1 heteroatoms. The van der Waals surface area contributed by atoms with Crippen molar-refractivity contribution >= 4 is 0 Å². The molecule has 0 amide bonds. The van der Waals surface area contributed by atoms with Gasteiger partial charge in [-0.2, -0.15) is 0 Å². The third kappa shape index (κ3) is 10.6. The van der Waals surface area contributed by atoms with Crippen LogP contribution in [0.15, 0.2) is 0 Å². The SMILES string of the molecule is CCCCC#CCC#CCC#CCO. The third-order valence-corrected chi connectivity index (χ3v) is 1.46. The minimum Gasteiger partial charge on any atom is -0.384 e. The van der Waals surface area contributed by atoms with Crippen LogP contribution in [-0.4, -0.2) is 11.7 Å². The van der Waals surface area contributed by atoms with Crippen molar-refractivity contribution in [2.45, 2.75) is 39.0 Å². The molecule has 0 spiro atoms. The highest BCUT2D eigenvalue weighted by Crippen LogP contribution is 1.90. The average Bonchev–Trinajstić information content (AvgIpc) is 2.21. The van der Waals surface area contributed by atoms with Crippen LogP contribution in [0, 0.1) is 35.5 Å². The minimum atomic E-state index is -0.0848. The van der Waals surface area contributed by atoms with Gasteiger partial charge in [0.25, 0.3) is 0 Å². The first-order chi connectivity index (χ1) is 6.91. The van der Waals surface area contributed by atoms with Gasteiger partial charge in [-0.25, -0.2) is 0 Å². The van der Waals surface area contributed by atoms with Crippen molar-refractivity contribution in [2.24, 2.45) is 0 Å². The fourth-order valence-corrected chi connectivity index (χ4v) is 0.748. The van der Waals surface area contributed by atoms with Gasteiger partial charge in [-0.15, -0.1) is 5.92 Å². The summed E-state index contributed by atoms with van der Waals surface area (Å²) in [5.74, 6) is 17.1. The van der Waals surface area contributed by atoms with Gasteiger partial charge in [0.05, 0.1) is 12.8 Å². The Kier molecular flexibility index (Phi) is 10.5. The standard InChI is InChI=1S/C13H16O/c1-2-3-4-5-6-7-8-9-10-11-12-13-14/h14H,2-4,7,10,13H2,1H3. The minimum absolute atomic E-state index is 0.0848. The van der Waals surface area contributed by atoms with Gasteiger partial charge >= 0.3 is 0 Å². The molecular formula is C13H16O. The van der Waals surface area contributed by atoms with Gasteiger partial charge in [-0.05, 0) is 6.42 Å². The predicted octanol–water partition coefficient (Wildman–Crippen LogP) is 1.96. The van der Waals surface area contributed by atoms with Crippen molar-refractivity contribution in [3.05, 3.63) is 0 Å². The zero-order chi connectivity index (χ0) is 10.5. The summed E-state index contributed by atoms with van der Waals surface area (Å²) in [6.45, 7) is 2.07. The van der Waals surface area contributed by atoms with E-state index in [1.165, 1.54) is 12.8 Å². The van der Waals surface area contributed by atoms with Crippen LogP contribution < -0.4 is 0 Å². The molecule has 1 nitrogen and oxygen atoms in total. The molecule has 74 valence electrons. The molecule has 0 bridgehead atoms. The largest absolute Gasteiger partial charge is 0.384 e. The summed E-state index contributed by atoms with van der Waals surface area (Å²) in [5.41, 5.74) is 0. The third-order valence-electron chi connectivity index (χ3n) is 1.46. The van der Waals surface area contributed by atoms with E-state index in [0.29, 0.717) is 12.8 Å². The summed E-state index contributed by atoms with van der Waals surface area (Å²) in [6, 6.07) is 0. The van der Waals surface area contributed by atoms with Crippen LogP contribution in [0.25, 0.3) is 0 Å². The molecule has 0 fully saturated rings. The van der Waals surface area contributed by atoms with Gasteiger partial charge in [0.15, 0.2) is 0 Å². The molecule has 1 N–H and O–H groups in total. The van der Waals surface area contributed by atoms with Crippen LogP contribution in [0.5, 0.6) is 0 Å². The molecule has 0 aromatic rings. The Balaban J connectivity index is 3.45. The molecule has 0 atom stereocenters. The lowest BCUT2D eigenvalue weighted by atomic mass is 10.2. The second kappa shape index (κ2) is 11.6. The number of aliphatic hydroxyl groups excluding tert-OH is 1. The zero-order valence-corrected chi connectivity index (χ0v) is 8.69. The quantitative estimate of drug-likeness (QED) is 0.519. The lowest BCUT2D eigenvalue weighted by Crippen LogP contribution is -1.70. The van der Waals surface area contributed by atoms with Crippen molar-refractivity contribution in [1.29, 1.82) is 0 Å². The van der Waals surface area contributed by atoms with Gasteiger partial charge in [-0.1, -0.05) is 42.9 Å². The fraction of sp³-hybridized carbons (Fsp3) is 0.538. The van der Waals surface area contributed by atoms with Gasteiger partial charge in [-0.3, -0.25) is 0 Å². The van der Waals surface area contributed by atoms with Crippen molar-refractivity contribution in [3.8, 4) is 35.5 Å². The van der Waals surface area contributed by atoms with E-state index in [4.69, 9.17) is 5.11 Å². The molecule has 0 saturated carbocycles. The second-order valence-corrected chi connectivity index (χ2v) is 2.68. The molecule has 0 rings (SSSR count). The van der Waals surface area contributed by atoms with Gasteiger partial charge < -0.3 is 5.11 Å². The topological polar surface area (TPSA) is 20.2 Å². The maximum Gasteiger partial charge on any atom is 0.104 e. The van der Waals surface area contributed by atoms with E-state index in [-0.39, 0.29) is 6.61 Å². The monoisotopic (exact) mass is 188 g/mol. The molecule has 0 aliphatic heterocycles. The normalized spacial score (nSPS) is 7.29. The molecule has 0 aromatic carbocycles. The highest BCUT2D eigenvalue weighted by atomic mass is 16.2. The van der Waals surface area contributed by atoms with Crippen LogP contribution in [0.2, 0.25) is 0 Å². The summed E-state index contributed by atoms with van der Waals surface area (Å²) in [6.07, 6.45) is 4.49. The number of rotatable bonds is 2. The van der Waals surface area contributed by atoms with Crippen LogP contribution in [0.1, 0.15) is 39.0 Å². The van der Waals surface area contributed by atoms with Crippen molar-refractivity contribution < 1.29 is 5.11 Å². The van der Waals surface area contributed by atoms with E-state index in [1.54, 1.807) is 0 Å². The number of unbranched alkanes of at least 4 members (excludes halogenated alkanes) is 2. The number of aliphatic hydroxyl groups is 1. The Morgan fingerprint density at radius 3 is 2.00 bits per heavy atom. The summed E-state index contributed by atoms with van der Waals surface area (Å²) in [7, 11) is 0. The van der Waals surface area contributed by atoms with E-state index < -0.39 is 0 Å². The van der Waals surface area contributed by atoms with Crippen LogP contribution >= 0.6 is 0 Å². The van der Waals surface area contributed by atoms with Crippen LogP contribution in [-0.2, 0) is 0 Å². The lowest BCUT2D eigenvalue weighted by molar-refractivity contribution is 0.350.